The number of carbonyl (C=O) groups excluding carboxylic acids is 1. The molecule has 144 valence electrons. The summed E-state index contributed by atoms with van der Waals surface area (Å²) in [4.78, 5) is 12.2. The molecule has 6 nitrogen and oxygen atoms in total. The third kappa shape index (κ3) is 5.18. The van der Waals surface area contributed by atoms with Crippen LogP contribution in [0.2, 0.25) is 0 Å². The lowest BCUT2D eigenvalue weighted by atomic mass is 10.1. The Bertz CT molecular complexity index is 1070. The standard InChI is InChI=1S/C21H20N2O4S/c1-16-5-2-3-6-17(16)8-13-21(24)23-18-9-11-20(12-10-18)28(25,26)22-15-19-7-4-14-27-19/h2-14,22H,15H2,1H3,(H,23,24)/b13-8+. The molecule has 0 aliphatic rings. The normalized spacial score (nSPS) is 11.6. The van der Waals surface area contributed by atoms with Gasteiger partial charge in [-0.1, -0.05) is 24.3 Å². The zero-order valence-electron chi connectivity index (χ0n) is 15.3. The molecule has 0 spiro atoms. The number of amides is 1. The molecule has 3 aromatic rings. The minimum atomic E-state index is -3.67. The van der Waals surface area contributed by atoms with Crippen molar-refractivity contribution >= 4 is 27.7 Å². The van der Waals surface area contributed by atoms with E-state index in [9.17, 15) is 13.2 Å². The molecule has 0 aliphatic heterocycles. The maximum absolute atomic E-state index is 12.3. The summed E-state index contributed by atoms with van der Waals surface area (Å²) in [5.41, 5.74) is 2.54. The van der Waals surface area contributed by atoms with Gasteiger partial charge in [-0.05, 0) is 60.5 Å². The van der Waals surface area contributed by atoms with Gasteiger partial charge in [-0.15, -0.1) is 0 Å². The average molecular weight is 396 g/mol. The maximum atomic E-state index is 12.3. The number of sulfonamides is 1. The van der Waals surface area contributed by atoms with Crippen molar-refractivity contribution in [2.24, 2.45) is 0 Å². The Labute approximate surface area is 163 Å². The largest absolute Gasteiger partial charge is 0.468 e. The summed E-state index contributed by atoms with van der Waals surface area (Å²) in [7, 11) is -3.67. The minimum absolute atomic E-state index is 0.0670. The monoisotopic (exact) mass is 396 g/mol. The van der Waals surface area contributed by atoms with Gasteiger partial charge in [-0.3, -0.25) is 4.79 Å². The van der Waals surface area contributed by atoms with E-state index in [1.165, 1.54) is 24.5 Å². The second-order valence-electron chi connectivity index (χ2n) is 6.11. The van der Waals surface area contributed by atoms with Crippen LogP contribution in [0, 0.1) is 6.92 Å². The number of aryl methyl sites for hydroxylation is 1. The third-order valence-corrected chi connectivity index (χ3v) is 5.47. The first-order valence-corrected chi connectivity index (χ1v) is 10.1. The van der Waals surface area contributed by atoms with Gasteiger partial charge in [0.25, 0.3) is 0 Å². The lowest BCUT2D eigenvalue weighted by molar-refractivity contribution is -0.111. The van der Waals surface area contributed by atoms with Crippen LogP contribution in [0.4, 0.5) is 5.69 Å². The van der Waals surface area contributed by atoms with E-state index in [4.69, 9.17) is 4.42 Å². The van der Waals surface area contributed by atoms with Gasteiger partial charge in [-0.25, -0.2) is 13.1 Å². The Hall–Kier alpha value is -3.16. The zero-order valence-corrected chi connectivity index (χ0v) is 16.1. The minimum Gasteiger partial charge on any atom is -0.468 e. The molecule has 0 atom stereocenters. The molecule has 28 heavy (non-hydrogen) atoms. The predicted molar refractivity (Wildman–Crippen MR) is 108 cm³/mol. The molecule has 1 amide bonds. The fourth-order valence-electron chi connectivity index (χ4n) is 2.50. The van der Waals surface area contributed by atoms with E-state index in [1.807, 2.05) is 31.2 Å². The van der Waals surface area contributed by atoms with Crippen molar-refractivity contribution in [3.63, 3.8) is 0 Å². The van der Waals surface area contributed by atoms with Crippen molar-refractivity contribution in [1.29, 1.82) is 0 Å². The fraction of sp³-hybridized carbons (Fsp3) is 0.0952. The first kappa shape index (κ1) is 19.6. The second-order valence-corrected chi connectivity index (χ2v) is 7.87. The SMILES string of the molecule is Cc1ccccc1/C=C/C(=O)Nc1ccc(S(=O)(=O)NCc2ccco2)cc1. The number of carbonyl (C=O) groups is 1. The van der Waals surface area contributed by atoms with Crippen LogP contribution in [0.15, 0.2) is 82.3 Å². The van der Waals surface area contributed by atoms with Crippen molar-refractivity contribution in [1.82, 2.24) is 4.72 Å². The van der Waals surface area contributed by atoms with Gasteiger partial charge in [0.05, 0.1) is 17.7 Å². The highest BCUT2D eigenvalue weighted by molar-refractivity contribution is 7.89. The van der Waals surface area contributed by atoms with E-state index in [0.717, 1.165) is 11.1 Å². The van der Waals surface area contributed by atoms with E-state index in [-0.39, 0.29) is 17.3 Å². The molecule has 2 N–H and O–H groups in total. The molecule has 0 saturated heterocycles. The summed E-state index contributed by atoms with van der Waals surface area (Å²) in [5.74, 6) is 0.225. The molecule has 0 bridgehead atoms. The van der Waals surface area contributed by atoms with Crippen molar-refractivity contribution in [3.8, 4) is 0 Å². The van der Waals surface area contributed by atoms with Gasteiger partial charge in [0, 0.05) is 11.8 Å². The van der Waals surface area contributed by atoms with Gasteiger partial charge in [0.2, 0.25) is 15.9 Å². The summed E-state index contributed by atoms with van der Waals surface area (Å²) in [6.07, 6.45) is 4.66. The summed E-state index contributed by atoms with van der Waals surface area (Å²) >= 11 is 0. The van der Waals surface area contributed by atoms with Gasteiger partial charge >= 0.3 is 0 Å². The Balaban J connectivity index is 1.60. The molecular formula is C21H20N2O4S. The Kier molecular flexibility index (Phi) is 6.08. The number of rotatable bonds is 7. The Morgan fingerprint density at radius 2 is 1.79 bits per heavy atom. The third-order valence-electron chi connectivity index (χ3n) is 4.05. The molecule has 0 radical (unpaired) electrons. The van der Waals surface area contributed by atoms with Crippen molar-refractivity contribution in [2.45, 2.75) is 18.4 Å². The molecule has 1 heterocycles. The summed E-state index contributed by atoms with van der Waals surface area (Å²) in [6, 6.07) is 17.1. The van der Waals surface area contributed by atoms with Crippen LogP contribution in [-0.2, 0) is 21.4 Å². The first-order chi connectivity index (χ1) is 13.4. The second kappa shape index (κ2) is 8.69. The summed E-state index contributed by atoms with van der Waals surface area (Å²) in [6.45, 7) is 2.04. The van der Waals surface area contributed by atoms with Crippen LogP contribution in [0.25, 0.3) is 6.08 Å². The Morgan fingerprint density at radius 3 is 2.46 bits per heavy atom. The molecule has 0 saturated carbocycles. The fourth-order valence-corrected chi connectivity index (χ4v) is 3.50. The molecule has 0 fully saturated rings. The van der Waals surface area contributed by atoms with Crippen LogP contribution in [0.3, 0.4) is 0 Å². The molecule has 0 unspecified atom stereocenters. The number of hydrogen-bond donors (Lipinski definition) is 2. The van der Waals surface area contributed by atoms with Gasteiger partial charge in [0.1, 0.15) is 5.76 Å². The molecule has 1 aromatic heterocycles. The van der Waals surface area contributed by atoms with Crippen LogP contribution in [0.1, 0.15) is 16.9 Å². The number of furan rings is 1. The number of benzene rings is 2. The van der Waals surface area contributed by atoms with E-state index < -0.39 is 10.0 Å². The van der Waals surface area contributed by atoms with Gasteiger partial charge in [0.15, 0.2) is 0 Å². The first-order valence-electron chi connectivity index (χ1n) is 8.61. The average Bonchev–Trinajstić information content (AvgIpc) is 3.20. The van der Waals surface area contributed by atoms with E-state index in [1.54, 1.807) is 30.3 Å². The summed E-state index contributed by atoms with van der Waals surface area (Å²) < 4.78 is 32.2. The maximum Gasteiger partial charge on any atom is 0.248 e. The quantitative estimate of drug-likeness (QED) is 0.596. The van der Waals surface area contributed by atoms with Crippen molar-refractivity contribution < 1.29 is 17.6 Å². The highest BCUT2D eigenvalue weighted by atomic mass is 32.2. The zero-order chi connectivity index (χ0) is 20.0. The number of nitrogens with one attached hydrogen (secondary N) is 2. The van der Waals surface area contributed by atoms with Gasteiger partial charge in [-0.2, -0.15) is 0 Å². The summed E-state index contributed by atoms with van der Waals surface area (Å²) in [5, 5.41) is 2.71. The molecular weight excluding hydrogens is 376 g/mol. The van der Waals surface area contributed by atoms with Crippen LogP contribution in [0.5, 0.6) is 0 Å². The topological polar surface area (TPSA) is 88.4 Å². The molecule has 2 aromatic carbocycles. The number of anilines is 1. The van der Waals surface area contributed by atoms with E-state index >= 15 is 0 Å². The van der Waals surface area contributed by atoms with E-state index in [0.29, 0.717) is 11.4 Å². The molecule has 7 heteroatoms. The highest BCUT2D eigenvalue weighted by Gasteiger charge is 2.14. The molecule has 0 aliphatic carbocycles. The van der Waals surface area contributed by atoms with Crippen molar-refractivity contribution in [2.75, 3.05) is 5.32 Å². The smallest absolute Gasteiger partial charge is 0.248 e. The number of hydrogen-bond acceptors (Lipinski definition) is 4. The van der Waals surface area contributed by atoms with Crippen LogP contribution < -0.4 is 10.0 Å². The van der Waals surface area contributed by atoms with Crippen LogP contribution in [-0.4, -0.2) is 14.3 Å². The Morgan fingerprint density at radius 1 is 1.04 bits per heavy atom. The van der Waals surface area contributed by atoms with Crippen molar-refractivity contribution in [3.05, 3.63) is 89.9 Å². The lowest BCUT2D eigenvalue weighted by Crippen LogP contribution is -2.23. The lowest BCUT2D eigenvalue weighted by Gasteiger charge is -2.07. The predicted octanol–water partition coefficient (Wildman–Crippen LogP) is 3.72. The van der Waals surface area contributed by atoms with E-state index in [2.05, 4.69) is 10.0 Å². The van der Waals surface area contributed by atoms with Gasteiger partial charge < -0.3 is 9.73 Å². The molecule has 3 rings (SSSR count). The highest BCUT2D eigenvalue weighted by Crippen LogP contribution is 2.15. The van der Waals surface area contributed by atoms with Crippen LogP contribution >= 0.6 is 0 Å².